The first-order valence-corrected chi connectivity index (χ1v) is 16.5. The molecule has 1 aliphatic heterocycles. The van der Waals surface area contributed by atoms with Gasteiger partial charge < -0.3 is 29.4 Å². The molecule has 1 aliphatic rings. The average molecular weight is 648 g/mol. The molecule has 0 saturated heterocycles. The van der Waals surface area contributed by atoms with Crippen molar-refractivity contribution >= 4 is 35.7 Å². The monoisotopic (exact) mass is 647 g/mol. The van der Waals surface area contributed by atoms with Gasteiger partial charge in [0, 0.05) is 57.6 Å². The Morgan fingerprint density at radius 1 is 0.688 bits per heavy atom. The zero-order valence-electron chi connectivity index (χ0n) is 29.2. The molecule has 5 rings (SSSR count). The number of rotatable bonds is 9. The number of hydrogen-bond donors (Lipinski definition) is 4. The summed E-state index contributed by atoms with van der Waals surface area (Å²) >= 11 is 0. The molecule has 5 heterocycles. The summed E-state index contributed by atoms with van der Waals surface area (Å²) in [5.74, 6) is -0.562. The second-order valence-electron chi connectivity index (χ2n) is 12.3. The molecule has 9 nitrogen and oxygen atoms in total. The molecule has 0 saturated carbocycles. The van der Waals surface area contributed by atoms with E-state index in [-0.39, 0.29) is 24.8 Å². The van der Waals surface area contributed by atoms with E-state index >= 15 is 0 Å². The second-order valence-corrected chi connectivity index (χ2v) is 12.3. The van der Waals surface area contributed by atoms with E-state index in [1.165, 1.54) is 37.0 Å². The maximum absolute atomic E-state index is 12.3. The van der Waals surface area contributed by atoms with E-state index in [0.29, 0.717) is 12.8 Å². The Hall–Kier alpha value is -5.23. The largest absolute Gasteiger partial charge is 0.469 e. The van der Waals surface area contributed by atoms with Gasteiger partial charge in [0.2, 0.25) is 0 Å². The minimum Gasteiger partial charge on any atom is -0.469 e. The number of H-pyrrole nitrogens is 4. The topological polar surface area (TPSA) is 140 Å². The van der Waals surface area contributed by atoms with E-state index in [4.69, 9.17) is 9.47 Å². The lowest BCUT2D eigenvalue weighted by Crippen LogP contribution is -2.16. The van der Waals surface area contributed by atoms with Crippen LogP contribution in [0.25, 0.3) is 23.8 Å². The number of aromatic amines is 4. The summed E-state index contributed by atoms with van der Waals surface area (Å²) in [6.07, 6.45) is 12.9. The molecule has 4 aromatic rings. The third-order valence-corrected chi connectivity index (χ3v) is 9.78. The van der Waals surface area contributed by atoms with Crippen LogP contribution >= 0.6 is 0 Å². The van der Waals surface area contributed by atoms with Crippen LogP contribution in [0.4, 0.5) is 0 Å². The fourth-order valence-electron chi connectivity index (χ4n) is 7.05. The molecule has 250 valence electrons. The molecule has 8 bridgehead atoms. The van der Waals surface area contributed by atoms with Gasteiger partial charge >= 0.3 is 11.9 Å². The van der Waals surface area contributed by atoms with Crippen LogP contribution < -0.4 is 21.4 Å². The van der Waals surface area contributed by atoms with Crippen molar-refractivity contribution in [2.24, 2.45) is 0 Å². The van der Waals surface area contributed by atoms with Crippen LogP contribution in [-0.4, -0.2) is 46.1 Å². The Morgan fingerprint density at radius 3 is 1.90 bits per heavy atom. The molecule has 4 aromatic heterocycles. The Morgan fingerprint density at radius 2 is 1.27 bits per heavy atom. The highest BCUT2D eigenvalue weighted by Crippen LogP contribution is 2.26. The van der Waals surface area contributed by atoms with Crippen molar-refractivity contribution in [3.05, 3.63) is 101 Å². The van der Waals surface area contributed by atoms with E-state index in [9.17, 15) is 14.9 Å². The van der Waals surface area contributed by atoms with Gasteiger partial charge in [0.15, 0.2) is 0 Å². The maximum Gasteiger partial charge on any atom is 0.305 e. The number of fused-ring (bicyclic) bond motifs is 8. The summed E-state index contributed by atoms with van der Waals surface area (Å²) < 4.78 is 9.99. The standard InChI is InChI=1S/C39H45N5O4/c1-9-25-21(3)30-19-33-26(10-2)23(5)38(43-33)29(12-11-17-40)39-24(6)28(14-16-37(46)48-8)35(44-39)20-34-27(13-15-36(45)47-7)22(4)31(42-34)18-32(25)41-30/h11-12,18-20,41-44H,9-10,13-16H2,1-8H3. The molecule has 0 radical (unpaired) electrons. The summed E-state index contributed by atoms with van der Waals surface area (Å²) in [4.78, 5) is 39.4. The molecule has 0 atom stereocenters. The number of hydrogen-bond acceptors (Lipinski definition) is 5. The van der Waals surface area contributed by atoms with Crippen molar-refractivity contribution in [1.82, 2.24) is 19.9 Å². The number of aromatic nitrogens is 4. The number of carbonyl (C=O) groups excluding carboxylic acids is 2. The SMILES string of the molecule is CCc1c2[nH]c(c1C)C(C=CC#N)=c1[nH]c(c(CCC(=O)OC)c1C)=Cc1[nH]c(c(C)c1CCC(=O)OC)C=c1[nH]c(c(C)c1CC)=C2. The van der Waals surface area contributed by atoms with Crippen molar-refractivity contribution in [3.8, 4) is 6.07 Å². The first-order valence-electron chi connectivity index (χ1n) is 16.5. The molecule has 0 spiro atoms. The number of allylic oxidation sites excluding steroid dienone is 2. The van der Waals surface area contributed by atoms with Crippen LogP contribution in [0.2, 0.25) is 0 Å². The van der Waals surface area contributed by atoms with Crippen LogP contribution in [-0.2, 0) is 44.7 Å². The fourth-order valence-corrected chi connectivity index (χ4v) is 7.05. The zero-order valence-corrected chi connectivity index (χ0v) is 29.2. The average Bonchev–Trinajstić information content (AvgIpc) is 3.75. The number of nitriles is 1. The van der Waals surface area contributed by atoms with Gasteiger partial charge in [0.25, 0.3) is 0 Å². The summed E-state index contributed by atoms with van der Waals surface area (Å²) in [6.45, 7) is 12.7. The fraction of sp³-hybridized carbons (Fsp3) is 0.359. The molecular weight excluding hydrogens is 602 g/mol. The van der Waals surface area contributed by atoms with Crippen LogP contribution in [0.5, 0.6) is 0 Å². The second kappa shape index (κ2) is 14.3. The molecule has 0 unspecified atom stereocenters. The molecule has 9 heteroatoms. The van der Waals surface area contributed by atoms with Gasteiger partial charge in [-0.1, -0.05) is 13.8 Å². The number of carbonyl (C=O) groups is 2. The zero-order chi connectivity index (χ0) is 34.7. The van der Waals surface area contributed by atoms with Crippen molar-refractivity contribution in [2.75, 3.05) is 14.2 Å². The molecular formula is C39H45N5O4. The lowest BCUT2D eigenvalue weighted by atomic mass is 10.00. The van der Waals surface area contributed by atoms with Crippen LogP contribution in [0.3, 0.4) is 0 Å². The summed E-state index contributed by atoms with van der Waals surface area (Å²) in [5.41, 5.74) is 13.4. The van der Waals surface area contributed by atoms with Gasteiger partial charge in [-0.2, -0.15) is 5.26 Å². The highest BCUT2D eigenvalue weighted by Gasteiger charge is 2.20. The number of esters is 2. The summed E-state index contributed by atoms with van der Waals surface area (Å²) in [7, 11) is 2.80. The maximum atomic E-state index is 12.3. The normalized spacial score (nSPS) is 12.4. The molecule has 0 fully saturated rings. The Balaban J connectivity index is 1.97. The van der Waals surface area contributed by atoms with Gasteiger partial charge in [-0.3, -0.25) is 9.59 Å². The number of nitrogens with zero attached hydrogens (tertiary/aromatic N) is 1. The minimum atomic E-state index is -0.290. The predicted molar refractivity (Wildman–Crippen MR) is 188 cm³/mol. The summed E-state index contributed by atoms with van der Waals surface area (Å²) in [6, 6.07) is 2.17. The first-order chi connectivity index (χ1) is 23.1. The molecule has 0 aromatic carbocycles. The number of nitrogens with one attached hydrogen (secondary N) is 4. The highest BCUT2D eigenvalue weighted by atomic mass is 16.5. The third-order valence-electron chi connectivity index (χ3n) is 9.78. The Kier molecular flexibility index (Phi) is 10.1. The number of methoxy groups -OCH3 is 2. The van der Waals surface area contributed by atoms with Gasteiger partial charge in [-0.15, -0.1) is 0 Å². The Bertz CT molecular complexity index is 2230. The van der Waals surface area contributed by atoms with Crippen molar-refractivity contribution < 1.29 is 19.1 Å². The van der Waals surface area contributed by atoms with Gasteiger partial charge in [-0.05, 0) is 122 Å². The van der Waals surface area contributed by atoms with Crippen LogP contribution in [0.15, 0.2) is 12.2 Å². The quantitative estimate of drug-likeness (QED) is 0.162. The highest BCUT2D eigenvalue weighted by molar-refractivity contribution is 5.77. The van der Waals surface area contributed by atoms with Crippen molar-refractivity contribution in [2.45, 2.75) is 80.1 Å². The molecule has 0 amide bonds. The van der Waals surface area contributed by atoms with Crippen LogP contribution in [0, 0.1) is 39.0 Å². The number of ether oxygens (including phenoxy) is 2. The van der Waals surface area contributed by atoms with Crippen molar-refractivity contribution in [3.63, 3.8) is 0 Å². The Labute approximate surface area is 280 Å². The lowest BCUT2D eigenvalue weighted by molar-refractivity contribution is -0.141. The minimum absolute atomic E-state index is 0.214. The van der Waals surface area contributed by atoms with Crippen LogP contribution in [0.1, 0.15) is 94.0 Å². The van der Waals surface area contributed by atoms with Crippen molar-refractivity contribution in [1.29, 1.82) is 5.26 Å². The van der Waals surface area contributed by atoms with E-state index in [1.807, 2.05) is 13.0 Å². The molecule has 48 heavy (non-hydrogen) atoms. The lowest BCUT2D eigenvalue weighted by Gasteiger charge is -2.04. The predicted octanol–water partition coefficient (Wildman–Crippen LogP) is 3.65. The van der Waals surface area contributed by atoms with E-state index in [1.54, 1.807) is 0 Å². The van der Waals surface area contributed by atoms with E-state index in [0.717, 1.165) is 90.4 Å². The molecule has 0 aliphatic carbocycles. The van der Waals surface area contributed by atoms with Gasteiger partial charge in [0.1, 0.15) is 0 Å². The third kappa shape index (κ3) is 6.35. The molecule has 4 N–H and O–H groups in total. The van der Waals surface area contributed by atoms with Gasteiger partial charge in [0.05, 0.1) is 31.3 Å². The first kappa shape index (κ1) is 34.1. The van der Waals surface area contributed by atoms with E-state index < -0.39 is 0 Å². The van der Waals surface area contributed by atoms with Gasteiger partial charge in [-0.25, -0.2) is 0 Å². The smallest absolute Gasteiger partial charge is 0.305 e. The summed E-state index contributed by atoms with van der Waals surface area (Å²) in [5, 5.41) is 13.4. The van der Waals surface area contributed by atoms with E-state index in [2.05, 4.69) is 78.9 Å².